The van der Waals surface area contributed by atoms with Crippen LogP contribution in [0.15, 0.2) is 83.8 Å². The van der Waals surface area contributed by atoms with Gasteiger partial charge >= 0.3 is 0 Å². The van der Waals surface area contributed by atoms with Crippen LogP contribution in [0.25, 0.3) is 0 Å². The molecule has 1 amide bonds. The highest BCUT2D eigenvalue weighted by atomic mass is 32.2. The Morgan fingerprint density at radius 2 is 1.50 bits per heavy atom. The maximum absolute atomic E-state index is 12.7. The summed E-state index contributed by atoms with van der Waals surface area (Å²) in [7, 11) is -2.32. The van der Waals surface area contributed by atoms with Crippen molar-refractivity contribution in [3.8, 4) is 0 Å². The van der Waals surface area contributed by atoms with E-state index in [1.807, 2.05) is 61.5 Å². The van der Waals surface area contributed by atoms with E-state index in [9.17, 15) is 13.2 Å². The van der Waals surface area contributed by atoms with Gasteiger partial charge in [-0.1, -0.05) is 72.3 Å². The molecular weight excluding hydrogens is 424 g/mol. The largest absolute Gasteiger partial charge is 0.372 e. The second kappa shape index (κ2) is 11.0. The van der Waals surface area contributed by atoms with Crippen molar-refractivity contribution in [3.63, 3.8) is 0 Å². The number of hydrogen-bond acceptors (Lipinski definition) is 4. The lowest BCUT2D eigenvalue weighted by Crippen LogP contribution is -2.38. The Morgan fingerprint density at radius 1 is 0.875 bits per heavy atom. The highest BCUT2D eigenvalue weighted by molar-refractivity contribution is 7.89. The number of ether oxygens (including phenoxy) is 1. The quantitative estimate of drug-likeness (QED) is 0.510. The maximum Gasteiger partial charge on any atom is 0.243 e. The van der Waals surface area contributed by atoms with Crippen LogP contribution in [0.1, 0.15) is 22.3 Å². The summed E-state index contributed by atoms with van der Waals surface area (Å²) in [5.41, 5.74) is 3.97. The first-order valence-electron chi connectivity index (χ1n) is 10.3. The normalized spacial score (nSPS) is 11.5. The van der Waals surface area contributed by atoms with Crippen molar-refractivity contribution >= 4 is 15.9 Å². The van der Waals surface area contributed by atoms with Crippen molar-refractivity contribution in [2.45, 2.75) is 31.6 Å². The third-order valence-corrected chi connectivity index (χ3v) is 6.88. The van der Waals surface area contributed by atoms with Gasteiger partial charge in [-0.15, -0.1) is 0 Å². The zero-order valence-electron chi connectivity index (χ0n) is 18.3. The lowest BCUT2D eigenvalue weighted by atomic mass is 10.1. The summed E-state index contributed by atoms with van der Waals surface area (Å²) >= 11 is 0. The van der Waals surface area contributed by atoms with Crippen LogP contribution >= 0.6 is 0 Å². The number of rotatable bonds is 10. The molecule has 3 aromatic rings. The van der Waals surface area contributed by atoms with Crippen molar-refractivity contribution < 1.29 is 17.9 Å². The van der Waals surface area contributed by atoms with E-state index in [4.69, 9.17) is 4.74 Å². The first-order chi connectivity index (χ1) is 15.4. The number of likely N-dealkylation sites (N-methyl/N-ethyl adjacent to an activating group) is 1. The third-order valence-electron chi connectivity index (χ3n) is 5.06. The summed E-state index contributed by atoms with van der Waals surface area (Å²) in [6.45, 7) is 2.84. The average molecular weight is 453 g/mol. The molecular formula is C25H28N2O4S. The summed E-state index contributed by atoms with van der Waals surface area (Å²) in [4.78, 5) is 12.6. The minimum absolute atomic E-state index is 0.166. The van der Waals surface area contributed by atoms with Gasteiger partial charge in [0.15, 0.2) is 0 Å². The Bertz CT molecular complexity index is 1130. The topological polar surface area (TPSA) is 75.7 Å². The van der Waals surface area contributed by atoms with Crippen LogP contribution in [0.5, 0.6) is 0 Å². The van der Waals surface area contributed by atoms with Gasteiger partial charge in [-0.2, -0.15) is 4.31 Å². The number of aryl methyl sites for hydroxylation is 1. The number of amides is 1. The van der Waals surface area contributed by atoms with Crippen molar-refractivity contribution in [2.24, 2.45) is 0 Å². The van der Waals surface area contributed by atoms with Crippen LogP contribution < -0.4 is 5.32 Å². The minimum atomic E-state index is -3.73. The average Bonchev–Trinajstić information content (AvgIpc) is 2.79. The minimum Gasteiger partial charge on any atom is -0.372 e. The zero-order chi connectivity index (χ0) is 23.0. The molecule has 0 radical (unpaired) electrons. The molecule has 3 rings (SSSR count). The van der Waals surface area contributed by atoms with E-state index in [-0.39, 0.29) is 17.3 Å². The van der Waals surface area contributed by atoms with Gasteiger partial charge in [-0.25, -0.2) is 8.42 Å². The molecule has 168 valence electrons. The lowest BCUT2D eigenvalue weighted by molar-refractivity contribution is -0.121. The molecule has 0 aliphatic carbocycles. The second-order valence-corrected chi connectivity index (χ2v) is 9.64. The number of nitrogens with one attached hydrogen (secondary N) is 1. The van der Waals surface area contributed by atoms with E-state index >= 15 is 0 Å². The number of benzene rings is 3. The molecule has 1 N–H and O–H groups in total. The van der Waals surface area contributed by atoms with E-state index in [1.54, 1.807) is 24.3 Å². The van der Waals surface area contributed by atoms with Gasteiger partial charge in [0.05, 0.1) is 24.7 Å². The second-order valence-electron chi connectivity index (χ2n) is 7.60. The van der Waals surface area contributed by atoms with E-state index in [0.717, 1.165) is 26.6 Å². The maximum atomic E-state index is 12.7. The molecule has 0 unspecified atom stereocenters. The number of carbonyl (C=O) groups excluding carboxylic acids is 1. The van der Waals surface area contributed by atoms with Crippen LogP contribution in [0.4, 0.5) is 0 Å². The van der Waals surface area contributed by atoms with Crippen LogP contribution in [0, 0.1) is 6.92 Å². The predicted molar refractivity (Wildman–Crippen MR) is 124 cm³/mol. The van der Waals surface area contributed by atoms with Gasteiger partial charge in [0.25, 0.3) is 0 Å². The van der Waals surface area contributed by atoms with E-state index < -0.39 is 10.0 Å². The zero-order valence-corrected chi connectivity index (χ0v) is 19.1. The summed E-state index contributed by atoms with van der Waals surface area (Å²) in [6, 6.07) is 24.2. The number of nitrogens with zero attached hydrogens (tertiary/aromatic N) is 1. The van der Waals surface area contributed by atoms with E-state index in [0.29, 0.717) is 19.8 Å². The van der Waals surface area contributed by atoms with Gasteiger partial charge in [-0.05, 0) is 35.7 Å². The molecule has 0 saturated heterocycles. The van der Waals surface area contributed by atoms with Crippen molar-refractivity contribution in [2.75, 3.05) is 13.6 Å². The fraction of sp³-hybridized carbons (Fsp3) is 0.240. The molecule has 0 fully saturated rings. The number of sulfonamides is 1. The summed E-state index contributed by atoms with van der Waals surface area (Å²) in [5, 5.41) is 2.81. The fourth-order valence-electron chi connectivity index (χ4n) is 3.15. The summed E-state index contributed by atoms with van der Waals surface area (Å²) in [5.74, 6) is -0.372. The highest BCUT2D eigenvalue weighted by Crippen LogP contribution is 2.15. The van der Waals surface area contributed by atoms with Crippen molar-refractivity contribution in [1.29, 1.82) is 0 Å². The number of carbonyl (C=O) groups is 1. The fourth-order valence-corrected chi connectivity index (χ4v) is 4.28. The monoisotopic (exact) mass is 452 g/mol. The third kappa shape index (κ3) is 6.50. The molecule has 0 bridgehead atoms. The van der Waals surface area contributed by atoms with Crippen molar-refractivity contribution in [1.82, 2.24) is 9.62 Å². The Hall–Kier alpha value is -3.00. The molecule has 0 heterocycles. The number of hydrogen-bond donors (Lipinski definition) is 1. The molecule has 6 nitrogen and oxygen atoms in total. The molecule has 3 aromatic carbocycles. The molecule has 0 atom stereocenters. The van der Waals surface area contributed by atoms with Crippen LogP contribution in [0.3, 0.4) is 0 Å². The molecule has 32 heavy (non-hydrogen) atoms. The smallest absolute Gasteiger partial charge is 0.243 e. The van der Waals surface area contributed by atoms with Crippen LogP contribution in [0.2, 0.25) is 0 Å². The van der Waals surface area contributed by atoms with Crippen molar-refractivity contribution in [3.05, 3.63) is 101 Å². The molecule has 0 aliphatic rings. The Morgan fingerprint density at radius 3 is 2.19 bits per heavy atom. The highest BCUT2D eigenvalue weighted by Gasteiger charge is 2.22. The molecule has 0 spiro atoms. The van der Waals surface area contributed by atoms with Crippen LogP contribution in [-0.2, 0) is 39.3 Å². The van der Waals surface area contributed by atoms with Gasteiger partial charge in [0.2, 0.25) is 15.9 Å². The van der Waals surface area contributed by atoms with Gasteiger partial charge in [0, 0.05) is 13.6 Å². The Balaban J connectivity index is 1.53. The van der Waals surface area contributed by atoms with E-state index in [2.05, 4.69) is 5.32 Å². The standard InChI is InChI=1S/C25H28N2O4S/c1-20-12-14-24(15-13-20)32(29,30)27(2)17-25(28)26-16-22-10-6-7-11-23(22)19-31-18-21-8-4-3-5-9-21/h3-15H,16-19H2,1-2H3,(H,26,28). The molecule has 7 heteroatoms. The van der Waals surface area contributed by atoms with Crippen LogP contribution in [-0.4, -0.2) is 32.2 Å². The molecule has 0 aliphatic heterocycles. The summed E-state index contributed by atoms with van der Waals surface area (Å²) < 4.78 is 32.2. The Labute approximate surface area is 189 Å². The molecule has 0 saturated carbocycles. The van der Waals surface area contributed by atoms with Gasteiger partial charge in [-0.3, -0.25) is 4.79 Å². The summed E-state index contributed by atoms with van der Waals surface area (Å²) in [6.07, 6.45) is 0. The SMILES string of the molecule is Cc1ccc(S(=O)(=O)N(C)CC(=O)NCc2ccccc2COCc2ccccc2)cc1. The van der Waals surface area contributed by atoms with Gasteiger partial charge < -0.3 is 10.1 Å². The molecule has 0 aromatic heterocycles. The first kappa shape index (κ1) is 23.7. The lowest BCUT2D eigenvalue weighted by Gasteiger charge is -2.17. The Kier molecular flexibility index (Phi) is 8.16. The van der Waals surface area contributed by atoms with E-state index in [1.165, 1.54) is 7.05 Å². The predicted octanol–water partition coefficient (Wildman–Crippen LogP) is 3.65. The van der Waals surface area contributed by atoms with Gasteiger partial charge in [0.1, 0.15) is 0 Å². The first-order valence-corrected chi connectivity index (χ1v) is 11.8.